The first-order valence-electron chi connectivity index (χ1n) is 7.75. The van der Waals surface area contributed by atoms with E-state index in [9.17, 15) is 0 Å². The molecule has 1 nitrogen and oxygen atoms in total. The van der Waals surface area contributed by atoms with E-state index in [1.54, 1.807) is 0 Å². The lowest BCUT2D eigenvalue weighted by Gasteiger charge is -2.21. The highest BCUT2D eigenvalue weighted by Crippen LogP contribution is 2.38. The molecule has 0 saturated carbocycles. The van der Waals surface area contributed by atoms with E-state index >= 15 is 0 Å². The first-order valence-corrected chi connectivity index (χ1v) is 7.75. The Morgan fingerprint density at radius 2 is 2.00 bits per heavy atom. The van der Waals surface area contributed by atoms with Crippen molar-refractivity contribution < 1.29 is 0 Å². The molecule has 0 aromatic heterocycles. The highest BCUT2D eigenvalue weighted by atomic mass is 14.9. The van der Waals surface area contributed by atoms with Crippen molar-refractivity contribution in [1.29, 1.82) is 0 Å². The topological polar surface area (TPSA) is 12.0 Å². The summed E-state index contributed by atoms with van der Waals surface area (Å²) in [5.74, 6) is 0.628. The summed E-state index contributed by atoms with van der Waals surface area (Å²) in [6.07, 6.45) is 4.29. The average Bonchev–Trinajstić information content (AvgIpc) is 2.83. The Bertz CT molecular complexity index is 615. The molecule has 1 aliphatic carbocycles. The first-order chi connectivity index (χ1) is 10.3. The Labute approximate surface area is 127 Å². The Morgan fingerprint density at radius 3 is 2.76 bits per heavy atom. The summed E-state index contributed by atoms with van der Waals surface area (Å²) in [4.78, 5) is 0. The molecule has 0 bridgehead atoms. The van der Waals surface area contributed by atoms with Gasteiger partial charge >= 0.3 is 0 Å². The molecule has 2 aromatic carbocycles. The zero-order chi connectivity index (χ0) is 14.7. The fourth-order valence-electron chi connectivity index (χ4n) is 3.40. The fourth-order valence-corrected chi connectivity index (χ4v) is 3.40. The number of rotatable bonds is 5. The SMILES string of the molecule is C=CC[C@@H]1Cc2cc(C)ccc2[C@@H]1NCc1ccccc1. The van der Waals surface area contributed by atoms with Crippen LogP contribution >= 0.6 is 0 Å². The highest BCUT2D eigenvalue weighted by Gasteiger charge is 2.30. The van der Waals surface area contributed by atoms with Crippen LogP contribution < -0.4 is 5.32 Å². The number of hydrogen-bond acceptors (Lipinski definition) is 1. The molecule has 0 unspecified atom stereocenters. The van der Waals surface area contributed by atoms with Crippen molar-refractivity contribution in [3.63, 3.8) is 0 Å². The van der Waals surface area contributed by atoms with Crippen LogP contribution in [0.15, 0.2) is 61.2 Å². The van der Waals surface area contributed by atoms with Crippen molar-refractivity contribution in [3.8, 4) is 0 Å². The van der Waals surface area contributed by atoms with Gasteiger partial charge in [0.15, 0.2) is 0 Å². The van der Waals surface area contributed by atoms with Crippen LogP contribution in [0.4, 0.5) is 0 Å². The molecule has 2 aromatic rings. The molecule has 3 rings (SSSR count). The fraction of sp³-hybridized carbons (Fsp3) is 0.300. The van der Waals surface area contributed by atoms with Crippen molar-refractivity contribution >= 4 is 0 Å². The minimum atomic E-state index is 0.443. The maximum absolute atomic E-state index is 3.93. The van der Waals surface area contributed by atoms with Crippen LogP contribution in [0.2, 0.25) is 0 Å². The molecule has 108 valence electrons. The largest absolute Gasteiger partial charge is 0.306 e. The van der Waals surface area contributed by atoms with Gasteiger partial charge < -0.3 is 5.32 Å². The third-order valence-corrected chi connectivity index (χ3v) is 4.43. The molecule has 0 aliphatic heterocycles. The predicted octanol–water partition coefficient (Wildman–Crippen LogP) is 4.57. The van der Waals surface area contributed by atoms with Gasteiger partial charge in [-0.25, -0.2) is 0 Å². The molecule has 1 heteroatoms. The maximum atomic E-state index is 3.93. The summed E-state index contributed by atoms with van der Waals surface area (Å²) < 4.78 is 0. The zero-order valence-corrected chi connectivity index (χ0v) is 12.7. The van der Waals surface area contributed by atoms with E-state index in [-0.39, 0.29) is 0 Å². The summed E-state index contributed by atoms with van der Waals surface area (Å²) in [5, 5.41) is 3.76. The van der Waals surface area contributed by atoms with Gasteiger partial charge in [-0.15, -0.1) is 6.58 Å². The number of allylic oxidation sites excluding steroid dienone is 1. The van der Waals surface area contributed by atoms with Gasteiger partial charge in [0.2, 0.25) is 0 Å². The standard InChI is InChI=1S/C20H23N/c1-3-7-17-13-18-12-15(2)10-11-19(18)20(17)21-14-16-8-5-4-6-9-16/h3-6,8-12,17,20-21H,1,7,13-14H2,2H3/t17-,20-/m1/s1. The molecule has 0 fully saturated rings. The molecule has 0 spiro atoms. The summed E-state index contributed by atoms with van der Waals surface area (Å²) in [6.45, 7) is 7.03. The molecule has 0 amide bonds. The number of aryl methyl sites for hydroxylation is 1. The van der Waals surface area contributed by atoms with Crippen LogP contribution in [0.5, 0.6) is 0 Å². The van der Waals surface area contributed by atoms with Crippen molar-refractivity contribution in [2.24, 2.45) is 5.92 Å². The van der Waals surface area contributed by atoms with Gasteiger partial charge in [0.25, 0.3) is 0 Å². The van der Waals surface area contributed by atoms with Crippen LogP contribution in [0, 0.1) is 12.8 Å². The van der Waals surface area contributed by atoms with Crippen molar-refractivity contribution in [2.75, 3.05) is 0 Å². The second-order valence-electron chi connectivity index (χ2n) is 6.04. The minimum absolute atomic E-state index is 0.443. The lowest BCUT2D eigenvalue weighted by atomic mass is 9.96. The number of fused-ring (bicyclic) bond motifs is 1. The van der Waals surface area contributed by atoms with E-state index in [4.69, 9.17) is 0 Å². The third kappa shape index (κ3) is 3.08. The predicted molar refractivity (Wildman–Crippen MR) is 89.2 cm³/mol. The monoisotopic (exact) mass is 277 g/mol. The van der Waals surface area contributed by atoms with E-state index in [1.165, 1.54) is 22.3 Å². The maximum Gasteiger partial charge on any atom is 0.0360 e. The Morgan fingerprint density at radius 1 is 1.19 bits per heavy atom. The smallest absolute Gasteiger partial charge is 0.0360 e. The quantitative estimate of drug-likeness (QED) is 0.789. The van der Waals surface area contributed by atoms with E-state index in [0.717, 1.165) is 19.4 Å². The number of benzene rings is 2. The number of nitrogens with one attached hydrogen (secondary N) is 1. The normalized spacial score (nSPS) is 20.2. The number of hydrogen-bond donors (Lipinski definition) is 1. The van der Waals surface area contributed by atoms with Crippen molar-refractivity contribution in [1.82, 2.24) is 5.32 Å². The van der Waals surface area contributed by atoms with Crippen molar-refractivity contribution in [3.05, 3.63) is 83.4 Å². The van der Waals surface area contributed by atoms with Gasteiger partial charge in [-0.1, -0.05) is 60.2 Å². The zero-order valence-electron chi connectivity index (χ0n) is 12.7. The van der Waals surface area contributed by atoms with Gasteiger partial charge in [-0.3, -0.25) is 0 Å². The second kappa shape index (κ2) is 6.28. The molecular formula is C20H23N. The van der Waals surface area contributed by atoms with E-state index < -0.39 is 0 Å². The van der Waals surface area contributed by atoms with Gasteiger partial charge in [-0.05, 0) is 42.4 Å². The highest BCUT2D eigenvalue weighted by molar-refractivity contribution is 5.39. The Balaban J connectivity index is 1.79. The molecule has 21 heavy (non-hydrogen) atoms. The van der Waals surface area contributed by atoms with E-state index in [1.807, 2.05) is 0 Å². The van der Waals surface area contributed by atoms with E-state index in [2.05, 4.69) is 73.4 Å². The second-order valence-corrected chi connectivity index (χ2v) is 6.04. The molecule has 0 radical (unpaired) electrons. The van der Waals surface area contributed by atoms with Crippen LogP contribution in [0.25, 0.3) is 0 Å². The van der Waals surface area contributed by atoms with Crippen LogP contribution in [0.3, 0.4) is 0 Å². The molecule has 0 saturated heterocycles. The third-order valence-electron chi connectivity index (χ3n) is 4.43. The summed E-state index contributed by atoms with van der Waals surface area (Å²) >= 11 is 0. The molecule has 0 heterocycles. The van der Waals surface area contributed by atoms with Gasteiger partial charge in [-0.2, -0.15) is 0 Å². The van der Waals surface area contributed by atoms with Gasteiger partial charge in [0.05, 0.1) is 0 Å². The molecule has 1 N–H and O–H groups in total. The molecule has 2 atom stereocenters. The Hall–Kier alpha value is -1.86. The summed E-state index contributed by atoms with van der Waals surface area (Å²) in [6, 6.07) is 17.9. The minimum Gasteiger partial charge on any atom is -0.306 e. The average molecular weight is 277 g/mol. The van der Waals surface area contributed by atoms with E-state index in [0.29, 0.717) is 12.0 Å². The van der Waals surface area contributed by atoms with Crippen LogP contribution in [0.1, 0.15) is 34.7 Å². The molecule has 1 aliphatic rings. The Kier molecular flexibility index (Phi) is 4.21. The summed E-state index contributed by atoms with van der Waals surface area (Å²) in [5.41, 5.74) is 5.68. The van der Waals surface area contributed by atoms with Gasteiger partial charge in [0, 0.05) is 12.6 Å². The van der Waals surface area contributed by atoms with Gasteiger partial charge in [0.1, 0.15) is 0 Å². The summed E-state index contributed by atoms with van der Waals surface area (Å²) in [7, 11) is 0. The lowest BCUT2D eigenvalue weighted by molar-refractivity contribution is 0.390. The molecular weight excluding hydrogens is 254 g/mol. The van der Waals surface area contributed by atoms with Crippen LogP contribution in [-0.4, -0.2) is 0 Å². The van der Waals surface area contributed by atoms with Crippen molar-refractivity contribution in [2.45, 2.75) is 32.4 Å². The van der Waals surface area contributed by atoms with Crippen LogP contribution in [-0.2, 0) is 13.0 Å². The lowest BCUT2D eigenvalue weighted by Crippen LogP contribution is -2.24. The first kappa shape index (κ1) is 14.1.